The van der Waals surface area contributed by atoms with Crippen LogP contribution in [0.2, 0.25) is 0 Å². The number of ether oxygens (including phenoxy) is 1. The first-order valence-electron chi connectivity index (χ1n) is 7.06. The summed E-state index contributed by atoms with van der Waals surface area (Å²) in [6, 6.07) is 2.54. The van der Waals surface area contributed by atoms with Gasteiger partial charge in [0.05, 0.1) is 11.6 Å². The van der Waals surface area contributed by atoms with Crippen LogP contribution in [0.4, 0.5) is 0 Å². The Hall–Kier alpha value is -0.380. The number of nitrogens with one attached hydrogen (secondary N) is 1. The van der Waals surface area contributed by atoms with Crippen LogP contribution in [-0.2, 0) is 4.74 Å². The molecule has 0 amide bonds. The first kappa shape index (κ1) is 15.7. The number of thiophene rings is 1. The van der Waals surface area contributed by atoms with Crippen molar-refractivity contribution in [2.45, 2.75) is 59.1 Å². The fraction of sp³-hybridized carbons (Fsp3) is 0.733. The van der Waals surface area contributed by atoms with Gasteiger partial charge in [0, 0.05) is 11.5 Å². The van der Waals surface area contributed by atoms with E-state index in [0.717, 1.165) is 26.0 Å². The van der Waals surface area contributed by atoms with E-state index < -0.39 is 0 Å². The second kappa shape index (κ2) is 7.27. The molecular weight excluding hydrogens is 242 g/mol. The van der Waals surface area contributed by atoms with Crippen LogP contribution in [0.25, 0.3) is 0 Å². The molecule has 1 rings (SSSR count). The molecule has 0 aliphatic heterocycles. The Kier molecular flexibility index (Phi) is 6.33. The minimum Gasteiger partial charge on any atom is -0.373 e. The normalized spacial score (nSPS) is 13.8. The third kappa shape index (κ3) is 3.14. The zero-order valence-electron chi connectivity index (χ0n) is 12.4. The van der Waals surface area contributed by atoms with E-state index in [2.05, 4.69) is 51.4 Å². The Bertz CT molecular complexity index is 344. The summed E-state index contributed by atoms with van der Waals surface area (Å²) in [5, 5.41) is 5.81. The molecule has 0 aliphatic rings. The van der Waals surface area contributed by atoms with E-state index in [4.69, 9.17) is 4.74 Å². The van der Waals surface area contributed by atoms with E-state index in [1.165, 1.54) is 10.4 Å². The van der Waals surface area contributed by atoms with E-state index in [-0.39, 0.29) is 5.60 Å². The number of likely N-dealkylation sites (N-methyl/N-ethyl adjacent to an activating group) is 1. The van der Waals surface area contributed by atoms with Crippen LogP contribution in [0, 0.1) is 6.92 Å². The molecule has 0 aliphatic carbocycles. The third-order valence-electron chi connectivity index (χ3n) is 3.77. The maximum Gasteiger partial charge on any atom is 0.0871 e. The lowest BCUT2D eigenvalue weighted by molar-refractivity contribution is -0.0730. The van der Waals surface area contributed by atoms with Crippen molar-refractivity contribution >= 4 is 11.3 Å². The van der Waals surface area contributed by atoms with Crippen LogP contribution in [0.3, 0.4) is 0 Å². The zero-order chi connectivity index (χ0) is 13.6. The summed E-state index contributed by atoms with van der Waals surface area (Å²) in [6.45, 7) is 12.6. The van der Waals surface area contributed by atoms with Gasteiger partial charge in [-0.3, -0.25) is 0 Å². The van der Waals surface area contributed by atoms with Crippen molar-refractivity contribution in [3.8, 4) is 0 Å². The molecule has 0 radical (unpaired) electrons. The average molecular weight is 269 g/mol. The van der Waals surface area contributed by atoms with Crippen LogP contribution in [-0.4, -0.2) is 18.8 Å². The molecule has 0 spiro atoms. The fourth-order valence-electron chi connectivity index (χ4n) is 2.71. The summed E-state index contributed by atoms with van der Waals surface area (Å²) < 4.78 is 6.16. The van der Waals surface area contributed by atoms with Crippen LogP contribution in [0.5, 0.6) is 0 Å². The molecule has 3 heteroatoms. The molecule has 104 valence electrons. The van der Waals surface area contributed by atoms with Gasteiger partial charge in [0.2, 0.25) is 0 Å². The Morgan fingerprint density at radius 3 is 2.33 bits per heavy atom. The minimum atomic E-state index is -0.0867. The Balaban J connectivity index is 3.12. The summed E-state index contributed by atoms with van der Waals surface area (Å²) in [5.74, 6) is 0. The lowest BCUT2D eigenvalue weighted by Gasteiger charge is -2.40. The summed E-state index contributed by atoms with van der Waals surface area (Å²) in [6.07, 6.45) is 2.06. The van der Waals surface area contributed by atoms with Crippen molar-refractivity contribution in [3.63, 3.8) is 0 Å². The Morgan fingerprint density at radius 1 is 1.28 bits per heavy atom. The number of rotatable bonds is 8. The standard InChI is InChI=1S/C15H27NOS/c1-6-15(7-2,17-9-4)14(16-8-3)13-10-11-18-12(13)5/h10-11,14,16H,6-9H2,1-5H3. The molecule has 18 heavy (non-hydrogen) atoms. The Labute approximate surface area is 116 Å². The van der Waals surface area contributed by atoms with Gasteiger partial charge in [-0.05, 0) is 50.2 Å². The molecule has 0 bridgehead atoms. The van der Waals surface area contributed by atoms with Gasteiger partial charge in [-0.15, -0.1) is 11.3 Å². The fourth-order valence-corrected chi connectivity index (χ4v) is 3.45. The predicted octanol–water partition coefficient (Wildman–Crippen LogP) is 4.30. The minimum absolute atomic E-state index is 0.0867. The average Bonchev–Trinajstić information content (AvgIpc) is 2.80. The van der Waals surface area contributed by atoms with E-state index in [1.54, 1.807) is 0 Å². The van der Waals surface area contributed by atoms with Gasteiger partial charge in [0.15, 0.2) is 0 Å². The molecule has 2 nitrogen and oxygen atoms in total. The van der Waals surface area contributed by atoms with Crippen LogP contribution < -0.4 is 5.32 Å². The number of aryl methyl sites for hydroxylation is 1. The van der Waals surface area contributed by atoms with Crippen molar-refractivity contribution in [1.29, 1.82) is 0 Å². The highest BCUT2D eigenvalue weighted by atomic mass is 32.1. The molecule has 1 aromatic heterocycles. The highest BCUT2D eigenvalue weighted by molar-refractivity contribution is 7.10. The summed E-state index contributed by atoms with van der Waals surface area (Å²) in [4.78, 5) is 1.40. The molecule has 0 fully saturated rings. The van der Waals surface area contributed by atoms with Crippen LogP contribution in [0.1, 0.15) is 57.0 Å². The number of hydrogen-bond donors (Lipinski definition) is 1. The summed E-state index contributed by atoms with van der Waals surface area (Å²) >= 11 is 1.82. The van der Waals surface area contributed by atoms with Crippen molar-refractivity contribution in [2.24, 2.45) is 0 Å². The first-order valence-corrected chi connectivity index (χ1v) is 7.94. The lowest BCUT2D eigenvalue weighted by atomic mass is 9.84. The van der Waals surface area contributed by atoms with E-state index in [1.807, 2.05) is 11.3 Å². The molecule has 0 aromatic carbocycles. The zero-order valence-corrected chi connectivity index (χ0v) is 13.2. The lowest BCUT2D eigenvalue weighted by Crippen LogP contribution is -2.45. The van der Waals surface area contributed by atoms with Gasteiger partial charge in [0.1, 0.15) is 0 Å². The van der Waals surface area contributed by atoms with Crippen LogP contribution in [0.15, 0.2) is 11.4 Å². The quantitative estimate of drug-likeness (QED) is 0.759. The van der Waals surface area contributed by atoms with Crippen molar-refractivity contribution < 1.29 is 4.74 Å². The smallest absolute Gasteiger partial charge is 0.0871 e. The third-order valence-corrected chi connectivity index (χ3v) is 4.63. The van der Waals surface area contributed by atoms with E-state index in [9.17, 15) is 0 Å². The highest BCUT2D eigenvalue weighted by Crippen LogP contribution is 2.38. The molecule has 0 saturated heterocycles. The van der Waals surface area contributed by atoms with Gasteiger partial charge >= 0.3 is 0 Å². The van der Waals surface area contributed by atoms with Crippen LogP contribution >= 0.6 is 11.3 Å². The van der Waals surface area contributed by atoms with Gasteiger partial charge < -0.3 is 10.1 Å². The first-order chi connectivity index (χ1) is 8.65. The van der Waals surface area contributed by atoms with Crippen molar-refractivity contribution in [2.75, 3.05) is 13.2 Å². The van der Waals surface area contributed by atoms with E-state index >= 15 is 0 Å². The predicted molar refractivity (Wildman–Crippen MR) is 80.4 cm³/mol. The SMILES string of the molecule is CCNC(c1ccsc1C)C(CC)(CC)OCC. The number of hydrogen-bond acceptors (Lipinski definition) is 3. The van der Waals surface area contributed by atoms with E-state index in [0.29, 0.717) is 6.04 Å². The van der Waals surface area contributed by atoms with Gasteiger partial charge in [-0.2, -0.15) is 0 Å². The van der Waals surface area contributed by atoms with Crippen molar-refractivity contribution in [3.05, 3.63) is 21.9 Å². The summed E-state index contributed by atoms with van der Waals surface area (Å²) in [5.41, 5.74) is 1.32. The Morgan fingerprint density at radius 2 is 1.94 bits per heavy atom. The molecule has 1 atom stereocenters. The largest absolute Gasteiger partial charge is 0.373 e. The maximum absolute atomic E-state index is 6.16. The molecule has 1 heterocycles. The second-order valence-electron chi connectivity index (χ2n) is 4.63. The molecule has 0 saturated carbocycles. The van der Waals surface area contributed by atoms with Gasteiger partial charge in [0.25, 0.3) is 0 Å². The molecular formula is C15H27NOS. The molecule has 1 N–H and O–H groups in total. The van der Waals surface area contributed by atoms with Gasteiger partial charge in [-0.25, -0.2) is 0 Å². The van der Waals surface area contributed by atoms with Gasteiger partial charge in [-0.1, -0.05) is 20.8 Å². The molecule has 1 unspecified atom stereocenters. The topological polar surface area (TPSA) is 21.3 Å². The highest BCUT2D eigenvalue weighted by Gasteiger charge is 2.37. The van der Waals surface area contributed by atoms with Crippen molar-refractivity contribution in [1.82, 2.24) is 5.32 Å². The molecule has 1 aromatic rings. The monoisotopic (exact) mass is 269 g/mol. The summed E-state index contributed by atoms with van der Waals surface area (Å²) in [7, 11) is 0. The maximum atomic E-state index is 6.16. The second-order valence-corrected chi connectivity index (χ2v) is 5.75.